The van der Waals surface area contributed by atoms with Gasteiger partial charge in [-0.15, -0.1) is 0 Å². The lowest BCUT2D eigenvalue weighted by Crippen LogP contribution is -2.42. The van der Waals surface area contributed by atoms with Gasteiger partial charge in [-0.2, -0.15) is 0 Å². The monoisotopic (exact) mass is 392 g/mol. The summed E-state index contributed by atoms with van der Waals surface area (Å²) in [5.41, 5.74) is -0.821. The average molecular weight is 393 g/mol. The van der Waals surface area contributed by atoms with Crippen LogP contribution < -0.4 is 10.7 Å². The first-order valence-electron chi connectivity index (χ1n) is 8.80. The summed E-state index contributed by atoms with van der Waals surface area (Å²) in [6.45, 7) is 0. The zero-order valence-electron chi connectivity index (χ0n) is 15.2. The Labute approximate surface area is 161 Å². The minimum absolute atomic E-state index is 0.0255. The fraction of sp³-hybridized carbons (Fsp3) is 0.444. The van der Waals surface area contributed by atoms with E-state index in [1.165, 1.54) is 36.3 Å². The molecule has 1 aliphatic heterocycles. The molecular weight excluding hydrogens is 372 g/mol. The minimum Gasteiger partial charge on any atom is -0.365 e. The van der Waals surface area contributed by atoms with Gasteiger partial charge in [-0.3, -0.25) is 24.1 Å². The molecule has 1 fully saturated rings. The summed E-state index contributed by atoms with van der Waals surface area (Å²) in [6, 6.07) is -0.174. The Morgan fingerprint density at radius 1 is 1.15 bits per heavy atom. The van der Waals surface area contributed by atoms with Crippen molar-refractivity contribution >= 4 is 35.0 Å². The topological polar surface area (TPSA) is 103 Å². The highest BCUT2D eigenvalue weighted by Gasteiger charge is 2.42. The molecule has 1 saturated carbocycles. The zero-order chi connectivity index (χ0) is 19.7. The first-order valence-corrected chi connectivity index (χ1v) is 9.18. The van der Waals surface area contributed by atoms with Crippen LogP contribution in [0.1, 0.15) is 42.5 Å². The summed E-state index contributed by atoms with van der Waals surface area (Å²) >= 11 is 6.11. The molecule has 0 atom stereocenters. The van der Waals surface area contributed by atoms with E-state index < -0.39 is 23.2 Å². The maximum atomic E-state index is 12.8. The highest BCUT2D eigenvalue weighted by atomic mass is 35.5. The fourth-order valence-corrected chi connectivity index (χ4v) is 3.63. The number of aromatic amines is 1. The van der Waals surface area contributed by atoms with E-state index in [0.29, 0.717) is 0 Å². The molecule has 1 aromatic heterocycles. The molecule has 0 saturated heterocycles. The van der Waals surface area contributed by atoms with Crippen LogP contribution >= 0.6 is 11.6 Å². The van der Waals surface area contributed by atoms with Gasteiger partial charge in [0, 0.05) is 32.5 Å². The van der Waals surface area contributed by atoms with Gasteiger partial charge in [0.15, 0.2) is 0 Å². The van der Waals surface area contributed by atoms with Crippen LogP contribution in [0, 0.1) is 0 Å². The molecule has 27 heavy (non-hydrogen) atoms. The van der Waals surface area contributed by atoms with Gasteiger partial charge in [-0.25, -0.2) is 0 Å². The predicted octanol–water partition coefficient (Wildman–Crippen LogP) is 1.64. The molecule has 0 aromatic carbocycles. The summed E-state index contributed by atoms with van der Waals surface area (Å²) in [5, 5.41) is 2.42. The average Bonchev–Trinajstić information content (AvgIpc) is 2.86. The number of pyridine rings is 1. The molecule has 3 rings (SSSR count). The van der Waals surface area contributed by atoms with Crippen molar-refractivity contribution in [3.8, 4) is 0 Å². The molecule has 0 radical (unpaired) electrons. The smallest absolute Gasteiger partial charge is 0.279 e. The zero-order valence-corrected chi connectivity index (χ0v) is 15.9. The number of halogens is 1. The Morgan fingerprint density at radius 2 is 1.81 bits per heavy atom. The van der Waals surface area contributed by atoms with Crippen LogP contribution in [0.3, 0.4) is 0 Å². The first kappa shape index (κ1) is 19.2. The number of imide groups is 1. The maximum Gasteiger partial charge on any atom is 0.279 e. The third-order valence-electron chi connectivity index (χ3n) is 4.84. The summed E-state index contributed by atoms with van der Waals surface area (Å²) in [4.78, 5) is 55.1. The fourth-order valence-electron chi connectivity index (χ4n) is 3.41. The van der Waals surface area contributed by atoms with Crippen LogP contribution in [0.5, 0.6) is 0 Å². The Balaban J connectivity index is 1.88. The van der Waals surface area contributed by atoms with Crippen LogP contribution in [-0.2, 0) is 9.59 Å². The molecule has 144 valence electrons. The molecule has 9 heteroatoms. The van der Waals surface area contributed by atoms with E-state index >= 15 is 0 Å². The number of amides is 3. The van der Waals surface area contributed by atoms with Crippen molar-refractivity contribution in [1.29, 1.82) is 0 Å². The summed E-state index contributed by atoms with van der Waals surface area (Å²) < 4.78 is 0. The van der Waals surface area contributed by atoms with Crippen LogP contribution in [0.4, 0.5) is 5.69 Å². The second-order valence-corrected chi connectivity index (χ2v) is 7.28. The van der Waals surface area contributed by atoms with Crippen molar-refractivity contribution < 1.29 is 14.4 Å². The highest BCUT2D eigenvalue weighted by molar-refractivity contribution is 6.48. The van der Waals surface area contributed by atoms with Gasteiger partial charge in [0.2, 0.25) is 5.43 Å². The van der Waals surface area contributed by atoms with Crippen molar-refractivity contribution in [2.24, 2.45) is 0 Å². The lowest BCUT2D eigenvalue weighted by molar-refractivity contribution is -0.140. The molecule has 1 aliphatic carbocycles. The Kier molecular flexibility index (Phi) is 5.36. The van der Waals surface area contributed by atoms with Gasteiger partial charge in [-0.1, -0.05) is 30.9 Å². The van der Waals surface area contributed by atoms with Crippen LogP contribution in [0.25, 0.3) is 0 Å². The van der Waals surface area contributed by atoms with Crippen molar-refractivity contribution in [1.82, 2.24) is 14.8 Å². The van der Waals surface area contributed by atoms with Gasteiger partial charge >= 0.3 is 0 Å². The first-order chi connectivity index (χ1) is 12.8. The van der Waals surface area contributed by atoms with E-state index in [1.807, 2.05) is 0 Å². The number of hydrogen-bond donors (Lipinski definition) is 2. The van der Waals surface area contributed by atoms with Gasteiger partial charge in [0.25, 0.3) is 17.7 Å². The van der Waals surface area contributed by atoms with Crippen LogP contribution in [0.2, 0.25) is 0 Å². The molecule has 2 heterocycles. The summed E-state index contributed by atoms with van der Waals surface area (Å²) in [7, 11) is 3.06. The van der Waals surface area contributed by atoms with Crippen molar-refractivity contribution in [3.05, 3.63) is 38.9 Å². The van der Waals surface area contributed by atoms with E-state index in [0.717, 1.165) is 32.1 Å². The number of H-pyrrole nitrogens is 1. The van der Waals surface area contributed by atoms with Gasteiger partial charge in [0.05, 0.1) is 0 Å². The Morgan fingerprint density at radius 3 is 2.44 bits per heavy atom. The Bertz CT molecular complexity index is 884. The third-order valence-corrected chi connectivity index (χ3v) is 5.19. The molecular formula is C18H21ClN4O4. The third kappa shape index (κ3) is 3.49. The molecule has 2 aliphatic rings. The quantitative estimate of drug-likeness (QED) is 0.758. The van der Waals surface area contributed by atoms with E-state index in [2.05, 4.69) is 10.3 Å². The molecule has 0 bridgehead atoms. The number of hydrogen-bond acceptors (Lipinski definition) is 5. The van der Waals surface area contributed by atoms with E-state index in [9.17, 15) is 19.2 Å². The number of nitrogens with one attached hydrogen (secondary N) is 2. The number of carbonyl (C=O) groups is 3. The van der Waals surface area contributed by atoms with Crippen molar-refractivity contribution in [2.45, 2.75) is 38.1 Å². The lowest BCUT2D eigenvalue weighted by atomic mass is 9.94. The van der Waals surface area contributed by atoms with Crippen LogP contribution in [-0.4, -0.2) is 52.6 Å². The summed E-state index contributed by atoms with van der Waals surface area (Å²) in [6.07, 6.45) is 7.12. The van der Waals surface area contributed by atoms with Crippen LogP contribution in [0.15, 0.2) is 27.9 Å². The highest BCUT2D eigenvalue weighted by Crippen LogP contribution is 2.31. The number of aromatic nitrogens is 1. The lowest BCUT2D eigenvalue weighted by Gasteiger charge is -2.29. The normalized spacial score (nSPS) is 18.3. The molecule has 3 amide bonds. The minimum atomic E-state index is -0.583. The maximum absolute atomic E-state index is 12.8. The molecule has 1 aromatic rings. The van der Waals surface area contributed by atoms with E-state index in [1.54, 1.807) is 0 Å². The SMILES string of the molecule is CN(C)C(=O)c1c[nH]cc(NC2=C(Cl)C(=O)N(C3CCCCC3)C2=O)c1=O. The van der Waals surface area contributed by atoms with Gasteiger partial charge in [-0.05, 0) is 12.8 Å². The molecule has 2 N–H and O–H groups in total. The standard InChI is InChI=1S/C18H21ClN4O4/c1-22(2)16(25)11-8-20-9-12(15(11)24)21-14-13(19)17(26)23(18(14)27)10-6-4-3-5-7-10/h8-10,21H,3-7H2,1-2H3,(H,20,24). The second-order valence-electron chi connectivity index (χ2n) is 6.90. The largest absolute Gasteiger partial charge is 0.365 e. The number of rotatable bonds is 4. The number of carbonyl (C=O) groups excluding carboxylic acids is 3. The number of anilines is 1. The molecule has 8 nitrogen and oxygen atoms in total. The van der Waals surface area contributed by atoms with E-state index in [4.69, 9.17) is 11.6 Å². The second kappa shape index (κ2) is 7.56. The molecule has 0 unspecified atom stereocenters. The Hall–Kier alpha value is -2.61. The molecule has 0 spiro atoms. The van der Waals surface area contributed by atoms with E-state index in [-0.39, 0.29) is 28.0 Å². The van der Waals surface area contributed by atoms with Crippen molar-refractivity contribution in [3.63, 3.8) is 0 Å². The van der Waals surface area contributed by atoms with Gasteiger partial charge in [0.1, 0.15) is 22.0 Å². The van der Waals surface area contributed by atoms with Gasteiger partial charge < -0.3 is 15.2 Å². The number of nitrogens with zero attached hydrogens (tertiary/aromatic N) is 2. The van der Waals surface area contributed by atoms with Crippen molar-refractivity contribution in [2.75, 3.05) is 19.4 Å². The summed E-state index contributed by atoms with van der Waals surface area (Å²) in [5.74, 6) is -1.56. The predicted molar refractivity (Wildman–Crippen MR) is 100 cm³/mol.